The Hall–Kier alpha value is -2.52. The summed E-state index contributed by atoms with van der Waals surface area (Å²) < 4.78 is 11.2. The molecule has 0 aliphatic carbocycles. The molecule has 0 saturated carbocycles. The molecule has 1 heterocycles. The van der Waals surface area contributed by atoms with Crippen LogP contribution >= 0.6 is 11.6 Å². The van der Waals surface area contributed by atoms with Gasteiger partial charge in [0.2, 0.25) is 5.78 Å². The number of ketones is 1. The molecule has 3 nitrogen and oxygen atoms in total. The maximum absolute atomic E-state index is 12.4. The zero-order valence-electron chi connectivity index (χ0n) is 12.6. The third kappa shape index (κ3) is 3.46. The smallest absolute Gasteiger partial charge is 0.231 e. The molecule has 3 rings (SSSR count). The normalized spacial score (nSPS) is 14.5. The fraction of sp³-hybridized carbons (Fsp3) is 0.105. The standard InChI is InChI=1S/C19H15ClO3/c1-12(2)11-22-15-7-8-16-17(10-15)23-18(19(16)21)9-13-3-5-14(20)6-4-13/h3-10H,1,11H2,2H3/b18-9-. The Labute approximate surface area is 139 Å². The quantitative estimate of drug-likeness (QED) is 0.591. The number of carbonyl (C=O) groups excluding carboxylic acids is 1. The van der Waals surface area contributed by atoms with E-state index >= 15 is 0 Å². The summed E-state index contributed by atoms with van der Waals surface area (Å²) in [6.45, 7) is 6.11. The molecule has 0 unspecified atom stereocenters. The Balaban J connectivity index is 1.83. The molecule has 0 bridgehead atoms. The summed E-state index contributed by atoms with van der Waals surface area (Å²) in [4.78, 5) is 12.4. The molecular weight excluding hydrogens is 312 g/mol. The van der Waals surface area contributed by atoms with Crippen LogP contribution in [-0.4, -0.2) is 12.4 Å². The number of halogens is 1. The van der Waals surface area contributed by atoms with Crippen LogP contribution in [0.5, 0.6) is 11.5 Å². The highest BCUT2D eigenvalue weighted by molar-refractivity contribution is 6.30. The molecule has 0 atom stereocenters. The minimum absolute atomic E-state index is 0.138. The Morgan fingerprint density at radius 2 is 2.00 bits per heavy atom. The van der Waals surface area contributed by atoms with Gasteiger partial charge < -0.3 is 9.47 Å². The van der Waals surface area contributed by atoms with Crippen LogP contribution in [0.25, 0.3) is 6.08 Å². The third-order valence-corrected chi connectivity index (χ3v) is 3.55. The lowest BCUT2D eigenvalue weighted by Gasteiger charge is -2.06. The fourth-order valence-electron chi connectivity index (χ4n) is 2.17. The summed E-state index contributed by atoms with van der Waals surface area (Å²) >= 11 is 5.86. The first-order valence-electron chi connectivity index (χ1n) is 7.14. The van der Waals surface area contributed by atoms with Crippen LogP contribution in [0.1, 0.15) is 22.8 Å². The summed E-state index contributed by atoms with van der Waals surface area (Å²) in [5, 5.41) is 0.647. The zero-order chi connectivity index (χ0) is 16.4. The van der Waals surface area contributed by atoms with Crippen LogP contribution in [0.15, 0.2) is 60.4 Å². The first-order valence-corrected chi connectivity index (χ1v) is 7.52. The average molecular weight is 327 g/mol. The Bertz CT molecular complexity index is 804. The molecule has 0 N–H and O–H groups in total. The lowest BCUT2D eigenvalue weighted by Crippen LogP contribution is -1.98. The molecule has 1 aliphatic rings. The molecule has 0 aromatic heterocycles. The van der Waals surface area contributed by atoms with Crippen molar-refractivity contribution < 1.29 is 14.3 Å². The van der Waals surface area contributed by atoms with Gasteiger partial charge in [-0.3, -0.25) is 4.79 Å². The van der Waals surface area contributed by atoms with E-state index in [4.69, 9.17) is 21.1 Å². The summed E-state index contributed by atoms with van der Waals surface area (Å²) in [6, 6.07) is 12.4. The molecule has 23 heavy (non-hydrogen) atoms. The minimum Gasteiger partial charge on any atom is -0.489 e. The average Bonchev–Trinajstić information content (AvgIpc) is 2.83. The molecular formula is C19H15ClO3. The van der Waals surface area contributed by atoms with Crippen molar-refractivity contribution in [1.29, 1.82) is 0 Å². The summed E-state index contributed by atoms with van der Waals surface area (Å²) in [6.07, 6.45) is 1.70. The molecule has 0 saturated heterocycles. The maximum atomic E-state index is 12.4. The number of allylic oxidation sites excluding steroid dienone is 1. The number of Topliss-reactive ketones (excluding diaryl/α,β-unsaturated/α-hetero) is 1. The van der Waals surface area contributed by atoms with E-state index in [0.717, 1.165) is 11.1 Å². The van der Waals surface area contributed by atoms with E-state index in [1.54, 1.807) is 36.4 Å². The fourth-order valence-corrected chi connectivity index (χ4v) is 2.30. The predicted octanol–water partition coefficient (Wildman–Crippen LogP) is 4.91. The molecule has 4 heteroatoms. The molecule has 0 fully saturated rings. The van der Waals surface area contributed by atoms with Crippen molar-refractivity contribution in [2.24, 2.45) is 0 Å². The van der Waals surface area contributed by atoms with Gasteiger partial charge in [-0.15, -0.1) is 0 Å². The van der Waals surface area contributed by atoms with Gasteiger partial charge in [0, 0.05) is 11.1 Å². The number of hydrogen-bond donors (Lipinski definition) is 0. The highest BCUT2D eigenvalue weighted by Gasteiger charge is 2.27. The van der Waals surface area contributed by atoms with E-state index in [1.807, 2.05) is 19.1 Å². The van der Waals surface area contributed by atoms with Crippen molar-refractivity contribution >= 4 is 23.5 Å². The molecule has 2 aromatic carbocycles. The van der Waals surface area contributed by atoms with Gasteiger partial charge in [-0.2, -0.15) is 0 Å². The predicted molar refractivity (Wildman–Crippen MR) is 91.1 cm³/mol. The highest BCUT2D eigenvalue weighted by atomic mass is 35.5. The number of fused-ring (bicyclic) bond motifs is 1. The number of carbonyl (C=O) groups is 1. The second-order valence-corrected chi connectivity index (χ2v) is 5.83. The molecule has 1 aliphatic heterocycles. The van der Waals surface area contributed by atoms with Gasteiger partial charge in [-0.25, -0.2) is 0 Å². The van der Waals surface area contributed by atoms with Crippen molar-refractivity contribution in [2.75, 3.05) is 6.61 Å². The second-order valence-electron chi connectivity index (χ2n) is 5.40. The van der Waals surface area contributed by atoms with Crippen LogP contribution in [0.2, 0.25) is 5.02 Å². The summed E-state index contributed by atoms with van der Waals surface area (Å²) in [7, 11) is 0. The van der Waals surface area contributed by atoms with E-state index in [-0.39, 0.29) is 5.78 Å². The van der Waals surface area contributed by atoms with Crippen LogP contribution in [-0.2, 0) is 0 Å². The minimum atomic E-state index is -0.138. The van der Waals surface area contributed by atoms with E-state index in [0.29, 0.717) is 34.5 Å². The van der Waals surface area contributed by atoms with Gasteiger partial charge in [0.15, 0.2) is 5.76 Å². The van der Waals surface area contributed by atoms with Crippen molar-refractivity contribution in [3.05, 3.63) is 76.5 Å². The van der Waals surface area contributed by atoms with Crippen LogP contribution in [0, 0.1) is 0 Å². The Kier molecular flexibility index (Phi) is 4.22. The van der Waals surface area contributed by atoms with Gasteiger partial charge in [0.05, 0.1) is 5.56 Å². The second kappa shape index (κ2) is 6.31. The summed E-state index contributed by atoms with van der Waals surface area (Å²) in [5.74, 6) is 1.31. The zero-order valence-corrected chi connectivity index (χ0v) is 13.4. The Morgan fingerprint density at radius 1 is 1.26 bits per heavy atom. The van der Waals surface area contributed by atoms with Crippen molar-refractivity contribution in [3.63, 3.8) is 0 Å². The van der Waals surface area contributed by atoms with E-state index in [1.165, 1.54) is 0 Å². The third-order valence-electron chi connectivity index (χ3n) is 3.29. The number of rotatable bonds is 4. The topological polar surface area (TPSA) is 35.5 Å². The molecule has 0 spiro atoms. The van der Waals surface area contributed by atoms with Gasteiger partial charge in [0.1, 0.15) is 18.1 Å². The van der Waals surface area contributed by atoms with E-state index in [2.05, 4.69) is 6.58 Å². The van der Waals surface area contributed by atoms with Gasteiger partial charge in [-0.05, 0) is 48.4 Å². The van der Waals surface area contributed by atoms with E-state index < -0.39 is 0 Å². The lowest BCUT2D eigenvalue weighted by molar-refractivity contribution is 0.101. The largest absolute Gasteiger partial charge is 0.489 e. The molecule has 0 amide bonds. The maximum Gasteiger partial charge on any atom is 0.231 e. The number of hydrogen-bond acceptors (Lipinski definition) is 3. The van der Waals surface area contributed by atoms with E-state index in [9.17, 15) is 4.79 Å². The number of benzene rings is 2. The van der Waals surface area contributed by atoms with Crippen LogP contribution in [0.3, 0.4) is 0 Å². The highest BCUT2D eigenvalue weighted by Crippen LogP contribution is 2.35. The van der Waals surface area contributed by atoms with Crippen LogP contribution in [0.4, 0.5) is 0 Å². The van der Waals surface area contributed by atoms with Crippen LogP contribution < -0.4 is 9.47 Å². The van der Waals surface area contributed by atoms with Gasteiger partial charge in [0.25, 0.3) is 0 Å². The monoisotopic (exact) mass is 326 g/mol. The van der Waals surface area contributed by atoms with Crippen molar-refractivity contribution in [2.45, 2.75) is 6.92 Å². The molecule has 2 aromatic rings. The first kappa shape index (κ1) is 15.4. The first-order chi connectivity index (χ1) is 11.0. The Morgan fingerprint density at radius 3 is 2.70 bits per heavy atom. The van der Waals surface area contributed by atoms with Crippen molar-refractivity contribution in [3.8, 4) is 11.5 Å². The SMILES string of the molecule is C=C(C)COc1ccc2c(c1)O/C(=C\c1ccc(Cl)cc1)C2=O. The van der Waals surface area contributed by atoms with Gasteiger partial charge in [-0.1, -0.05) is 30.3 Å². The molecule has 116 valence electrons. The molecule has 0 radical (unpaired) electrons. The summed E-state index contributed by atoms with van der Waals surface area (Å²) in [5.41, 5.74) is 2.31. The number of ether oxygens (including phenoxy) is 2. The van der Waals surface area contributed by atoms with Crippen molar-refractivity contribution in [1.82, 2.24) is 0 Å². The lowest BCUT2D eigenvalue weighted by atomic mass is 10.1. The van der Waals surface area contributed by atoms with Gasteiger partial charge >= 0.3 is 0 Å².